The van der Waals surface area contributed by atoms with Crippen LogP contribution < -0.4 is 0 Å². The molecule has 1 saturated carbocycles. The first-order valence-corrected chi connectivity index (χ1v) is 7.27. The van der Waals surface area contributed by atoms with Gasteiger partial charge in [0.15, 0.2) is 0 Å². The molecule has 1 rings (SSSR count). The fraction of sp³-hybridized carbons (Fsp3) is 1.00. The van der Waals surface area contributed by atoms with Gasteiger partial charge in [-0.25, -0.2) is 0 Å². The van der Waals surface area contributed by atoms with Crippen molar-refractivity contribution in [2.45, 2.75) is 77.0 Å². The highest BCUT2D eigenvalue weighted by Gasteiger charge is 2.24. The molecule has 1 fully saturated rings. The van der Waals surface area contributed by atoms with Crippen molar-refractivity contribution < 1.29 is 10.2 Å². The molecule has 102 valence electrons. The van der Waals surface area contributed by atoms with Crippen LogP contribution in [0.3, 0.4) is 0 Å². The van der Waals surface area contributed by atoms with Crippen LogP contribution in [-0.2, 0) is 0 Å². The summed E-state index contributed by atoms with van der Waals surface area (Å²) < 4.78 is 0. The Bertz CT molecular complexity index is 181. The van der Waals surface area contributed by atoms with Crippen LogP contribution in [0.4, 0.5) is 0 Å². The molecule has 0 heterocycles. The zero-order chi connectivity index (χ0) is 12.7. The summed E-state index contributed by atoms with van der Waals surface area (Å²) in [6.07, 6.45) is 7.49. The number of rotatable bonds is 7. The molecule has 0 aromatic carbocycles. The molecule has 1 aliphatic carbocycles. The van der Waals surface area contributed by atoms with Gasteiger partial charge in [-0.3, -0.25) is 4.90 Å². The van der Waals surface area contributed by atoms with Crippen LogP contribution in [0.25, 0.3) is 0 Å². The lowest BCUT2D eigenvalue weighted by molar-refractivity contribution is 0.0324. The second kappa shape index (κ2) is 8.06. The average molecular weight is 243 g/mol. The fourth-order valence-electron chi connectivity index (χ4n) is 2.62. The molecule has 0 amide bonds. The van der Waals surface area contributed by atoms with Crippen LogP contribution >= 0.6 is 0 Å². The van der Waals surface area contributed by atoms with Crippen molar-refractivity contribution in [1.29, 1.82) is 0 Å². The Hall–Kier alpha value is -0.120. The van der Waals surface area contributed by atoms with Crippen molar-refractivity contribution in [3.05, 3.63) is 0 Å². The third kappa shape index (κ3) is 5.36. The largest absolute Gasteiger partial charge is 0.392 e. The predicted octanol–water partition coefficient (Wildman–Crippen LogP) is 2.16. The number of aliphatic hydroxyl groups is 2. The van der Waals surface area contributed by atoms with Crippen molar-refractivity contribution in [3.63, 3.8) is 0 Å². The van der Waals surface area contributed by atoms with Gasteiger partial charge in [0.2, 0.25) is 0 Å². The molecule has 0 aromatic heterocycles. The lowest BCUT2D eigenvalue weighted by Gasteiger charge is -2.36. The molecule has 2 unspecified atom stereocenters. The van der Waals surface area contributed by atoms with Crippen molar-refractivity contribution >= 4 is 0 Å². The van der Waals surface area contributed by atoms with Gasteiger partial charge in [0.1, 0.15) is 0 Å². The van der Waals surface area contributed by atoms with Crippen molar-refractivity contribution in [3.8, 4) is 0 Å². The Balaban J connectivity index is 2.50. The van der Waals surface area contributed by atoms with E-state index in [4.69, 9.17) is 0 Å². The van der Waals surface area contributed by atoms with Gasteiger partial charge in [0.25, 0.3) is 0 Å². The molecule has 2 N–H and O–H groups in total. The first-order chi connectivity index (χ1) is 8.17. The lowest BCUT2D eigenvalue weighted by atomic mass is 9.93. The fourth-order valence-corrected chi connectivity index (χ4v) is 2.62. The highest BCUT2D eigenvalue weighted by Crippen LogP contribution is 2.23. The molecule has 1 aliphatic rings. The second-order valence-corrected chi connectivity index (χ2v) is 5.37. The van der Waals surface area contributed by atoms with E-state index < -0.39 is 0 Å². The van der Waals surface area contributed by atoms with E-state index in [9.17, 15) is 10.2 Å². The molecule has 2 atom stereocenters. The maximum atomic E-state index is 9.82. The summed E-state index contributed by atoms with van der Waals surface area (Å²) in [4.78, 5) is 2.32. The maximum absolute atomic E-state index is 9.82. The lowest BCUT2D eigenvalue weighted by Crippen LogP contribution is -2.45. The van der Waals surface area contributed by atoms with Crippen LogP contribution in [0, 0.1) is 0 Å². The summed E-state index contributed by atoms with van der Waals surface area (Å²) in [5, 5.41) is 19.6. The first kappa shape index (κ1) is 14.9. The predicted molar refractivity (Wildman–Crippen MR) is 71.0 cm³/mol. The highest BCUT2D eigenvalue weighted by molar-refractivity contribution is 4.79. The van der Waals surface area contributed by atoms with Crippen LogP contribution in [0.5, 0.6) is 0 Å². The van der Waals surface area contributed by atoms with Crippen LogP contribution in [0.1, 0.15) is 58.8 Å². The van der Waals surface area contributed by atoms with Gasteiger partial charge < -0.3 is 10.2 Å². The average Bonchev–Trinajstić information content (AvgIpc) is 2.38. The number of hydrogen-bond acceptors (Lipinski definition) is 3. The molecule has 0 aromatic rings. The van der Waals surface area contributed by atoms with Crippen molar-refractivity contribution in [2.75, 3.05) is 13.1 Å². The summed E-state index contributed by atoms with van der Waals surface area (Å²) in [5.74, 6) is 0. The highest BCUT2D eigenvalue weighted by atomic mass is 16.3. The van der Waals surface area contributed by atoms with Gasteiger partial charge in [-0.05, 0) is 25.7 Å². The molecule has 3 heteroatoms. The number of hydrogen-bond donors (Lipinski definition) is 2. The minimum absolute atomic E-state index is 0.249. The van der Waals surface area contributed by atoms with Gasteiger partial charge in [-0.1, -0.05) is 33.1 Å². The first-order valence-electron chi connectivity index (χ1n) is 7.27. The third-order valence-electron chi connectivity index (χ3n) is 3.92. The molecular formula is C14H29NO2. The van der Waals surface area contributed by atoms with Crippen LogP contribution in [0.15, 0.2) is 0 Å². The normalized spacial score (nSPS) is 21.7. The minimum Gasteiger partial charge on any atom is -0.392 e. The van der Waals surface area contributed by atoms with E-state index >= 15 is 0 Å². The smallest absolute Gasteiger partial charge is 0.0664 e. The Morgan fingerprint density at radius 3 is 1.82 bits per heavy atom. The van der Waals surface area contributed by atoms with E-state index in [1.165, 1.54) is 32.1 Å². The zero-order valence-corrected chi connectivity index (χ0v) is 11.4. The van der Waals surface area contributed by atoms with E-state index in [0.29, 0.717) is 6.04 Å². The summed E-state index contributed by atoms with van der Waals surface area (Å²) in [7, 11) is 0. The molecule has 0 aliphatic heterocycles. The van der Waals surface area contributed by atoms with Gasteiger partial charge in [0.05, 0.1) is 12.2 Å². The third-order valence-corrected chi connectivity index (χ3v) is 3.92. The van der Waals surface area contributed by atoms with Crippen LogP contribution in [-0.4, -0.2) is 46.5 Å². The Morgan fingerprint density at radius 1 is 0.941 bits per heavy atom. The Morgan fingerprint density at radius 2 is 1.41 bits per heavy atom. The summed E-state index contributed by atoms with van der Waals surface area (Å²) in [6.45, 7) is 5.47. The Labute approximate surface area is 106 Å². The van der Waals surface area contributed by atoms with E-state index in [0.717, 1.165) is 25.9 Å². The van der Waals surface area contributed by atoms with Crippen LogP contribution in [0.2, 0.25) is 0 Å². The second-order valence-electron chi connectivity index (χ2n) is 5.37. The quantitative estimate of drug-likeness (QED) is 0.720. The summed E-state index contributed by atoms with van der Waals surface area (Å²) >= 11 is 0. The standard InChI is InChI=1S/C14H29NO2/c1-3-13(16)10-15(11-14(17)4-2)12-8-6-5-7-9-12/h12-14,16-17H,3-11H2,1-2H3. The maximum Gasteiger partial charge on any atom is 0.0664 e. The SMILES string of the molecule is CCC(O)CN(CC(O)CC)C1CCCCC1. The summed E-state index contributed by atoms with van der Waals surface area (Å²) in [6, 6.07) is 0.575. The van der Waals surface area contributed by atoms with Gasteiger partial charge in [-0.15, -0.1) is 0 Å². The Kier molecular flexibility index (Phi) is 7.09. The minimum atomic E-state index is -0.249. The molecule has 0 bridgehead atoms. The molecule has 17 heavy (non-hydrogen) atoms. The molecule has 0 radical (unpaired) electrons. The topological polar surface area (TPSA) is 43.7 Å². The molecular weight excluding hydrogens is 214 g/mol. The van der Waals surface area contributed by atoms with Crippen molar-refractivity contribution in [1.82, 2.24) is 4.90 Å². The monoisotopic (exact) mass is 243 g/mol. The zero-order valence-electron chi connectivity index (χ0n) is 11.4. The van der Waals surface area contributed by atoms with E-state index in [1.54, 1.807) is 0 Å². The van der Waals surface area contributed by atoms with E-state index in [-0.39, 0.29) is 12.2 Å². The number of nitrogens with zero attached hydrogens (tertiary/aromatic N) is 1. The van der Waals surface area contributed by atoms with Gasteiger partial charge in [-0.2, -0.15) is 0 Å². The van der Waals surface area contributed by atoms with Crippen molar-refractivity contribution in [2.24, 2.45) is 0 Å². The van der Waals surface area contributed by atoms with Gasteiger partial charge >= 0.3 is 0 Å². The molecule has 3 nitrogen and oxygen atoms in total. The molecule has 0 spiro atoms. The number of aliphatic hydroxyl groups excluding tert-OH is 2. The van der Waals surface area contributed by atoms with Gasteiger partial charge in [0, 0.05) is 19.1 Å². The summed E-state index contributed by atoms with van der Waals surface area (Å²) in [5.41, 5.74) is 0. The van der Waals surface area contributed by atoms with E-state index in [1.807, 2.05) is 13.8 Å². The molecule has 0 saturated heterocycles. The van der Waals surface area contributed by atoms with E-state index in [2.05, 4.69) is 4.90 Å².